The summed E-state index contributed by atoms with van der Waals surface area (Å²) >= 11 is 1.72. The Kier molecular flexibility index (Phi) is 5.47. The molecule has 1 saturated heterocycles. The number of rotatable bonds is 6. The minimum absolute atomic E-state index is 0.0245. The first-order valence-corrected chi connectivity index (χ1v) is 7.87. The molecule has 0 unspecified atom stereocenters. The van der Waals surface area contributed by atoms with Crippen molar-refractivity contribution >= 4 is 23.6 Å². The van der Waals surface area contributed by atoms with E-state index < -0.39 is 12.0 Å². The van der Waals surface area contributed by atoms with E-state index in [1.807, 2.05) is 30.3 Å². The van der Waals surface area contributed by atoms with Gasteiger partial charge in [0.15, 0.2) is 0 Å². The van der Waals surface area contributed by atoms with Crippen LogP contribution in [0.15, 0.2) is 35.2 Å². The van der Waals surface area contributed by atoms with Crippen molar-refractivity contribution in [1.29, 1.82) is 0 Å². The second-order valence-corrected chi connectivity index (χ2v) is 6.02. The summed E-state index contributed by atoms with van der Waals surface area (Å²) in [5.74, 6) is -0.0282. The third kappa shape index (κ3) is 4.00. The Hall–Kier alpha value is -1.49. The molecular formula is C15H19NO3S. The zero-order valence-corrected chi connectivity index (χ0v) is 12.1. The van der Waals surface area contributed by atoms with Gasteiger partial charge >= 0.3 is 5.97 Å². The third-order valence-corrected chi connectivity index (χ3v) is 4.50. The van der Waals surface area contributed by atoms with Crippen LogP contribution >= 0.6 is 11.8 Å². The maximum atomic E-state index is 12.0. The van der Waals surface area contributed by atoms with Gasteiger partial charge in [-0.2, -0.15) is 0 Å². The van der Waals surface area contributed by atoms with Gasteiger partial charge in [0.1, 0.15) is 6.04 Å². The molecule has 4 nitrogen and oxygen atoms in total. The molecule has 0 radical (unpaired) electrons. The van der Waals surface area contributed by atoms with Crippen LogP contribution in [0.4, 0.5) is 0 Å². The van der Waals surface area contributed by atoms with Gasteiger partial charge in [0.25, 0.3) is 0 Å². The van der Waals surface area contributed by atoms with E-state index in [4.69, 9.17) is 5.11 Å². The number of carbonyl (C=O) groups is 2. The second-order valence-electron chi connectivity index (χ2n) is 4.85. The Morgan fingerprint density at radius 3 is 2.75 bits per heavy atom. The number of thioether (sulfide) groups is 1. The molecule has 1 N–H and O–H groups in total. The van der Waals surface area contributed by atoms with E-state index >= 15 is 0 Å². The predicted molar refractivity (Wildman–Crippen MR) is 78.8 cm³/mol. The van der Waals surface area contributed by atoms with Crippen molar-refractivity contribution in [1.82, 2.24) is 4.90 Å². The number of hydrogen-bond acceptors (Lipinski definition) is 3. The fourth-order valence-electron chi connectivity index (χ4n) is 2.40. The Balaban J connectivity index is 1.71. The van der Waals surface area contributed by atoms with Crippen LogP contribution in [-0.4, -0.2) is 40.2 Å². The normalized spacial score (nSPS) is 18.2. The van der Waals surface area contributed by atoms with Crippen LogP contribution in [0.5, 0.6) is 0 Å². The molecule has 1 atom stereocenters. The second kappa shape index (κ2) is 7.33. The molecule has 1 fully saturated rings. The van der Waals surface area contributed by atoms with Crippen LogP contribution in [0.2, 0.25) is 0 Å². The number of amides is 1. The van der Waals surface area contributed by atoms with Gasteiger partial charge in [-0.1, -0.05) is 18.2 Å². The average Bonchev–Trinajstić information content (AvgIpc) is 2.94. The minimum Gasteiger partial charge on any atom is -0.480 e. The summed E-state index contributed by atoms with van der Waals surface area (Å²) in [7, 11) is 0. The zero-order chi connectivity index (χ0) is 14.4. The maximum absolute atomic E-state index is 12.0. The molecule has 20 heavy (non-hydrogen) atoms. The number of likely N-dealkylation sites (tertiary alicyclic amines) is 1. The highest BCUT2D eigenvalue weighted by Crippen LogP contribution is 2.21. The molecule has 108 valence electrons. The lowest BCUT2D eigenvalue weighted by Crippen LogP contribution is -2.40. The van der Waals surface area contributed by atoms with E-state index in [0.29, 0.717) is 19.4 Å². The number of hydrogen-bond donors (Lipinski definition) is 1. The fraction of sp³-hybridized carbons (Fsp3) is 0.467. The maximum Gasteiger partial charge on any atom is 0.326 e. The molecule has 2 rings (SSSR count). The number of nitrogens with zero attached hydrogens (tertiary/aromatic N) is 1. The molecule has 0 spiro atoms. The van der Waals surface area contributed by atoms with E-state index in [1.165, 1.54) is 9.80 Å². The predicted octanol–water partition coefficient (Wildman–Crippen LogP) is 2.63. The standard InChI is InChI=1S/C15H19NO3S/c17-14(16-10-4-8-13(16)15(18)19)9-5-11-20-12-6-2-1-3-7-12/h1-3,6-7,13H,4-5,8-11H2,(H,18,19)/t13-/m0/s1. The van der Waals surface area contributed by atoms with Crippen LogP contribution in [0.3, 0.4) is 0 Å². The van der Waals surface area contributed by atoms with Crippen LogP contribution in [0.1, 0.15) is 25.7 Å². The minimum atomic E-state index is -0.880. The first-order valence-electron chi connectivity index (χ1n) is 6.88. The molecule has 1 aliphatic rings. The quantitative estimate of drug-likeness (QED) is 0.647. The number of aliphatic carboxylic acids is 1. The Labute approximate surface area is 123 Å². The van der Waals surface area contributed by atoms with Gasteiger partial charge in [-0.15, -0.1) is 11.8 Å². The number of benzene rings is 1. The SMILES string of the molecule is O=C(O)[C@@H]1CCCN1C(=O)CCCSc1ccccc1. The van der Waals surface area contributed by atoms with Gasteiger partial charge in [0.05, 0.1) is 0 Å². The Morgan fingerprint density at radius 2 is 2.05 bits per heavy atom. The van der Waals surface area contributed by atoms with Gasteiger partial charge < -0.3 is 10.0 Å². The van der Waals surface area contributed by atoms with Crippen molar-refractivity contribution in [2.45, 2.75) is 36.6 Å². The molecule has 1 heterocycles. The van der Waals surface area contributed by atoms with Crippen LogP contribution in [0, 0.1) is 0 Å². The highest BCUT2D eigenvalue weighted by Gasteiger charge is 2.33. The van der Waals surface area contributed by atoms with Crippen molar-refractivity contribution in [2.24, 2.45) is 0 Å². The zero-order valence-electron chi connectivity index (χ0n) is 11.3. The summed E-state index contributed by atoms with van der Waals surface area (Å²) in [6.45, 7) is 0.585. The highest BCUT2D eigenvalue weighted by molar-refractivity contribution is 7.99. The molecule has 1 aromatic rings. The number of carboxylic acids is 1. The molecule has 1 amide bonds. The van der Waals surface area contributed by atoms with Crippen LogP contribution < -0.4 is 0 Å². The van der Waals surface area contributed by atoms with E-state index in [-0.39, 0.29) is 5.91 Å². The van der Waals surface area contributed by atoms with Gasteiger partial charge in [-0.3, -0.25) is 4.79 Å². The van der Waals surface area contributed by atoms with Crippen molar-refractivity contribution in [3.05, 3.63) is 30.3 Å². The van der Waals surface area contributed by atoms with Gasteiger partial charge in [-0.05, 0) is 37.1 Å². The first-order chi connectivity index (χ1) is 9.68. The molecular weight excluding hydrogens is 274 g/mol. The topological polar surface area (TPSA) is 57.6 Å². The molecule has 0 bridgehead atoms. The summed E-state index contributed by atoms with van der Waals surface area (Å²) in [6, 6.07) is 9.46. The fourth-order valence-corrected chi connectivity index (χ4v) is 3.27. The molecule has 5 heteroatoms. The number of carbonyl (C=O) groups excluding carboxylic acids is 1. The van der Waals surface area contributed by atoms with Crippen molar-refractivity contribution < 1.29 is 14.7 Å². The van der Waals surface area contributed by atoms with E-state index in [1.54, 1.807) is 11.8 Å². The summed E-state index contributed by atoms with van der Waals surface area (Å²) in [6.07, 6.45) is 2.59. The summed E-state index contributed by atoms with van der Waals surface area (Å²) in [4.78, 5) is 25.8. The van der Waals surface area contributed by atoms with Crippen molar-refractivity contribution in [3.63, 3.8) is 0 Å². The smallest absolute Gasteiger partial charge is 0.326 e. The lowest BCUT2D eigenvalue weighted by Gasteiger charge is -2.21. The first kappa shape index (κ1) is 14.9. The summed E-state index contributed by atoms with van der Waals surface area (Å²) < 4.78 is 0. The van der Waals surface area contributed by atoms with E-state index in [0.717, 1.165) is 18.6 Å². The lowest BCUT2D eigenvalue weighted by molar-refractivity contribution is -0.148. The molecule has 0 aromatic heterocycles. The van der Waals surface area contributed by atoms with E-state index in [2.05, 4.69) is 0 Å². The van der Waals surface area contributed by atoms with Gasteiger partial charge in [-0.25, -0.2) is 4.79 Å². The summed E-state index contributed by atoms with van der Waals surface area (Å²) in [5.41, 5.74) is 0. The molecule has 1 aliphatic heterocycles. The van der Waals surface area contributed by atoms with Crippen LogP contribution in [0.25, 0.3) is 0 Å². The third-order valence-electron chi connectivity index (χ3n) is 3.41. The highest BCUT2D eigenvalue weighted by atomic mass is 32.2. The van der Waals surface area contributed by atoms with Crippen LogP contribution in [-0.2, 0) is 9.59 Å². The van der Waals surface area contributed by atoms with E-state index in [9.17, 15) is 9.59 Å². The Morgan fingerprint density at radius 1 is 1.30 bits per heavy atom. The Bertz CT molecular complexity index is 463. The van der Waals surface area contributed by atoms with Gasteiger partial charge in [0, 0.05) is 17.9 Å². The average molecular weight is 293 g/mol. The summed E-state index contributed by atoms with van der Waals surface area (Å²) in [5, 5.41) is 9.05. The monoisotopic (exact) mass is 293 g/mol. The van der Waals surface area contributed by atoms with Gasteiger partial charge in [0.2, 0.25) is 5.91 Å². The van der Waals surface area contributed by atoms with Crippen molar-refractivity contribution in [3.8, 4) is 0 Å². The largest absolute Gasteiger partial charge is 0.480 e. The molecule has 1 aromatic carbocycles. The lowest BCUT2D eigenvalue weighted by atomic mass is 10.2. The molecule has 0 saturated carbocycles. The van der Waals surface area contributed by atoms with Crippen molar-refractivity contribution in [2.75, 3.05) is 12.3 Å². The number of carboxylic acid groups (broad SMARTS) is 1. The molecule has 0 aliphatic carbocycles.